The third kappa shape index (κ3) is 4.69. The van der Waals surface area contributed by atoms with E-state index in [2.05, 4.69) is 42.8 Å². The van der Waals surface area contributed by atoms with Gasteiger partial charge in [0.05, 0.1) is 11.7 Å². The Morgan fingerprint density at radius 2 is 1.94 bits per heavy atom. The Morgan fingerprint density at radius 1 is 1.16 bits per heavy atom. The molecule has 1 aromatic carbocycles. The van der Waals surface area contributed by atoms with Crippen LogP contribution in [0.1, 0.15) is 70.7 Å². The van der Waals surface area contributed by atoms with Crippen molar-refractivity contribution in [2.75, 3.05) is 0 Å². The van der Waals surface area contributed by atoms with Crippen LogP contribution in [-0.2, 0) is 11.8 Å². The molecule has 2 aromatic heterocycles. The number of ether oxygens (including phenoxy) is 1. The van der Waals surface area contributed by atoms with Gasteiger partial charge in [-0.15, -0.1) is 0 Å². The molecule has 0 fully saturated rings. The maximum Gasteiger partial charge on any atom is 0.259 e. The molecule has 0 atom stereocenters. The molecule has 0 aliphatic heterocycles. The van der Waals surface area contributed by atoms with Crippen LogP contribution in [0.15, 0.2) is 39.6 Å². The summed E-state index contributed by atoms with van der Waals surface area (Å²) in [6.07, 6.45) is 5.62. The van der Waals surface area contributed by atoms with Crippen molar-refractivity contribution < 1.29 is 9.26 Å². The number of nitrogens with zero attached hydrogens (tertiary/aromatic N) is 2. The lowest BCUT2D eigenvalue weighted by Crippen LogP contribution is -2.37. The summed E-state index contributed by atoms with van der Waals surface area (Å²) < 4.78 is 11.1. The molecule has 1 aliphatic rings. The van der Waals surface area contributed by atoms with Crippen molar-refractivity contribution >= 4 is 12.2 Å². The number of benzene rings is 1. The van der Waals surface area contributed by atoms with Crippen LogP contribution in [0.2, 0.25) is 0 Å². The maximum atomic E-state index is 12.8. The molecule has 1 N–H and O–H groups in total. The van der Waals surface area contributed by atoms with E-state index in [1.807, 2.05) is 50.3 Å². The second kappa shape index (κ2) is 8.08. The maximum absolute atomic E-state index is 12.8. The molecule has 168 valence electrons. The van der Waals surface area contributed by atoms with Crippen LogP contribution in [0.4, 0.5) is 0 Å². The number of hydrogen-bond acceptors (Lipinski definition) is 5. The Kier molecular flexibility index (Phi) is 5.57. The van der Waals surface area contributed by atoms with E-state index in [0.717, 1.165) is 35.4 Å². The highest BCUT2D eigenvalue weighted by atomic mass is 16.5. The molecule has 1 aliphatic carbocycles. The molecule has 4 rings (SSSR count). The molecule has 32 heavy (non-hydrogen) atoms. The topological polar surface area (TPSA) is 81.0 Å². The van der Waals surface area contributed by atoms with Crippen molar-refractivity contribution in [2.45, 2.75) is 65.9 Å². The van der Waals surface area contributed by atoms with Crippen molar-refractivity contribution in [2.24, 2.45) is 5.41 Å². The summed E-state index contributed by atoms with van der Waals surface area (Å²) in [6.45, 7) is 12.9. The fourth-order valence-electron chi connectivity index (χ4n) is 4.85. The van der Waals surface area contributed by atoms with E-state index >= 15 is 0 Å². The van der Waals surface area contributed by atoms with Gasteiger partial charge in [0.25, 0.3) is 11.4 Å². The summed E-state index contributed by atoms with van der Waals surface area (Å²) in [7, 11) is 0. The summed E-state index contributed by atoms with van der Waals surface area (Å²) >= 11 is 0. The predicted octanol–water partition coefficient (Wildman–Crippen LogP) is 5.63. The zero-order valence-corrected chi connectivity index (χ0v) is 19.7. The van der Waals surface area contributed by atoms with Crippen LogP contribution in [0.5, 0.6) is 5.75 Å². The number of fused-ring (bicyclic) bond motifs is 1. The van der Waals surface area contributed by atoms with Crippen molar-refractivity contribution in [1.82, 2.24) is 15.1 Å². The Morgan fingerprint density at radius 3 is 2.69 bits per heavy atom. The molecule has 0 saturated carbocycles. The lowest BCUT2D eigenvalue weighted by atomic mass is 9.64. The Labute approximate surface area is 188 Å². The van der Waals surface area contributed by atoms with Crippen LogP contribution in [0.25, 0.3) is 23.5 Å². The largest absolute Gasteiger partial charge is 0.491 e. The van der Waals surface area contributed by atoms with Gasteiger partial charge in [-0.3, -0.25) is 4.79 Å². The van der Waals surface area contributed by atoms with E-state index in [1.54, 1.807) is 6.08 Å². The SMILES string of the molecule is CC(C)Oc1cccc(/C=C/c2nc(-c3cc4c([nH]c3=O)CC(C)(C)CC4(C)C)no2)c1. The number of rotatable bonds is 5. The molecule has 0 amide bonds. The number of hydrogen-bond donors (Lipinski definition) is 1. The molecule has 0 bridgehead atoms. The summed E-state index contributed by atoms with van der Waals surface area (Å²) in [5, 5.41) is 4.06. The standard InChI is InChI=1S/C26H31N3O3/c1-16(2)31-18-9-7-8-17(12-18)10-11-22-28-23(29-32-22)19-13-20-21(27-24(19)30)14-25(3,4)15-26(20,5)6/h7-13,16H,14-15H2,1-6H3,(H,27,30)/b11-10+. The van der Waals surface area contributed by atoms with Gasteiger partial charge in [0.2, 0.25) is 5.82 Å². The molecule has 0 unspecified atom stereocenters. The zero-order valence-electron chi connectivity index (χ0n) is 19.7. The van der Waals surface area contributed by atoms with Crippen molar-refractivity contribution in [1.29, 1.82) is 0 Å². The fourth-order valence-corrected chi connectivity index (χ4v) is 4.85. The van der Waals surface area contributed by atoms with Crippen molar-refractivity contribution in [3.63, 3.8) is 0 Å². The lowest BCUT2D eigenvalue weighted by molar-refractivity contribution is 0.227. The van der Waals surface area contributed by atoms with Crippen LogP contribution >= 0.6 is 0 Å². The van der Waals surface area contributed by atoms with Crippen LogP contribution < -0.4 is 10.3 Å². The minimum absolute atomic E-state index is 0.0500. The number of aromatic nitrogens is 3. The summed E-state index contributed by atoms with van der Waals surface area (Å²) in [6, 6.07) is 9.72. The highest BCUT2D eigenvalue weighted by molar-refractivity contribution is 5.67. The molecule has 0 spiro atoms. The van der Waals surface area contributed by atoms with Crippen LogP contribution in [0.3, 0.4) is 0 Å². The van der Waals surface area contributed by atoms with Gasteiger partial charge in [0.15, 0.2) is 0 Å². The molecule has 6 nitrogen and oxygen atoms in total. The molecular formula is C26H31N3O3. The second-order valence-electron chi connectivity index (χ2n) is 10.3. The van der Waals surface area contributed by atoms with Gasteiger partial charge >= 0.3 is 0 Å². The highest BCUT2D eigenvalue weighted by Gasteiger charge is 2.38. The van der Waals surface area contributed by atoms with E-state index in [4.69, 9.17) is 9.26 Å². The van der Waals surface area contributed by atoms with E-state index in [9.17, 15) is 4.79 Å². The Bertz CT molecular complexity index is 1220. The highest BCUT2D eigenvalue weighted by Crippen LogP contribution is 2.45. The lowest BCUT2D eigenvalue weighted by Gasteiger charge is -2.42. The molecule has 3 aromatic rings. The minimum Gasteiger partial charge on any atom is -0.491 e. The quantitative estimate of drug-likeness (QED) is 0.564. The van der Waals surface area contributed by atoms with Gasteiger partial charge in [-0.1, -0.05) is 45.0 Å². The van der Waals surface area contributed by atoms with Gasteiger partial charge in [0.1, 0.15) is 5.75 Å². The molecule has 6 heteroatoms. The zero-order chi connectivity index (χ0) is 23.1. The number of H-pyrrole nitrogens is 1. The molecule has 0 saturated heterocycles. The Hall–Kier alpha value is -3.15. The van der Waals surface area contributed by atoms with E-state index in [1.165, 1.54) is 0 Å². The average molecular weight is 434 g/mol. The normalized spacial score (nSPS) is 17.0. The van der Waals surface area contributed by atoms with Gasteiger partial charge < -0.3 is 14.2 Å². The molecular weight excluding hydrogens is 402 g/mol. The van der Waals surface area contributed by atoms with E-state index < -0.39 is 0 Å². The van der Waals surface area contributed by atoms with Crippen LogP contribution in [0, 0.1) is 5.41 Å². The first-order valence-electron chi connectivity index (χ1n) is 11.1. The summed E-state index contributed by atoms with van der Waals surface area (Å²) in [4.78, 5) is 20.3. The smallest absolute Gasteiger partial charge is 0.259 e. The van der Waals surface area contributed by atoms with E-state index in [-0.39, 0.29) is 22.5 Å². The summed E-state index contributed by atoms with van der Waals surface area (Å²) in [5.74, 6) is 1.44. The third-order valence-electron chi connectivity index (χ3n) is 5.76. The van der Waals surface area contributed by atoms with Gasteiger partial charge in [-0.05, 0) is 72.9 Å². The van der Waals surface area contributed by atoms with Crippen molar-refractivity contribution in [3.8, 4) is 17.1 Å². The first kappa shape index (κ1) is 22.1. The number of pyridine rings is 1. The first-order chi connectivity index (χ1) is 15.0. The van der Waals surface area contributed by atoms with Crippen molar-refractivity contribution in [3.05, 3.63) is 63.4 Å². The fraction of sp³-hybridized carbons (Fsp3) is 0.423. The first-order valence-corrected chi connectivity index (χ1v) is 11.1. The Balaban J connectivity index is 1.61. The summed E-state index contributed by atoms with van der Waals surface area (Å²) in [5.41, 5.74) is 3.45. The minimum atomic E-state index is -0.188. The van der Waals surface area contributed by atoms with Crippen LogP contribution in [-0.4, -0.2) is 21.2 Å². The van der Waals surface area contributed by atoms with Gasteiger partial charge in [0, 0.05) is 11.8 Å². The second-order valence-corrected chi connectivity index (χ2v) is 10.3. The number of nitrogens with one attached hydrogen (secondary N) is 1. The molecule has 2 heterocycles. The van der Waals surface area contributed by atoms with Gasteiger partial charge in [-0.2, -0.15) is 4.98 Å². The monoisotopic (exact) mass is 433 g/mol. The average Bonchev–Trinajstić information content (AvgIpc) is 3.13. The van der Waals surface area contributed by atoms with Gasteiger partial charge in [-0.25, -0.2) is 0 Å². The molecule has 0 radical (unpaired) electrons. The predicted molar refractivity (Wildman–Crippen MR) is 127 cm³/mol. The van der Waals surface area contributed by atoms with E-state index in [0.29, 0.717) is 17.3 Å². The number of aromatic amines is 1. The third-order valence-corrected chi connectivity index (χ3v) is 5.76.